The fraction of sp³-hybridized carbons (Fsp3) is 0.412. The number of carbonyl (C=O) groups is 1. The Hall–Kier alpha value is -2.30. The van der Waals surface area contributed by atoms with Crippen LogP contribution in [-0.2, 0) is 4.79 Å². The van der Waals surface area contributed by atoms with E-state index in [0.717, 1.165) is 37.3 Å². The largest absolute Gasteiger partial charge is 0.507 e. The molecular weight excluding hydrogens is 420 g/mol. The molecule has 1 saturated heterocycles. The lowest BCUT2D eigenvalue weighted by Gasteiger charge is -2.33. The maximum atomic E-state index is 10.2. The zero-order chi connectivity index (χ0) is 19.8. The van der Waals surface area contributed by atoms with Crippen LogP contribution in [0.5, 0.6) is 11.5 Å². The van der Waals surface area contributed by atoms with Crippen molar-refractivity contribution in [2.24, 2.45) is 0 Å². The molecule has 6 N–H and O–H groups in total. The summed E-state index contributed by atoms with van der Waals surface area (Å²) in [4.78, 5) is 10.6. The average Bonchev–Trinajstić information content (AvgIpc) is 3.13. The molecule has 0 radical (unpaired) electrons. The van der Waals surface area contributed by atoms with Gasteiger partial charge in [0.25, 0.3) is 6.47 Å². The van der Waals surface area contributed by atoms with Gasteiger partial charge in [-0.1, -0.05) is 0 Å². The van der Waals surface area contributed by atoms with Crippen molar-refractivity contribution >= 4 is 28.1 Å². The average molecular weight is 443 g/mol. The van der Waals surface area contributed by atoms with Crippen LogP contribution in [0.2, 0.25) is 0 Å². The Labute approximate surface area is 164 Å². The normalized spacial score (nSPS) is 14.5. The molecule has 0 atom stereocenters. The van der Waals surface area contributed by atoms with E-state index >= 15 is 0 Å². The SMILES string of the molecule is O=CO.OCCNC1CCN(c2cn[nH]c2-c2cc(Br)c(O)cc2O)CC1. The number of aromatic amines is 1. The number of aliphatic hydroxyl groups is 1. The Morgan fingerprint density at radius 3 is 2.59 bits per heavy atom. The van der Waals surface area contributed by atoms with E-state index in [1.165, 1.54) is 6.07 Å². The first kappa shape index (κ1) is 21.0. The van der Waals surface area contributed by atoms with Crippen LogP contribution >= 0.6 is 15.9 Å². The summed E-state index contributed by atoms with van der Waals surface area (Å²) in [7, 11) is 0. The third kappa shape index (κ3) is 5.34. The topological polar surface area (TPSA) is 142 Å². The number of benzene rings is 1. The standard InChI is InChI=1S/C16H21BrN4O3.CH2O2/c17-12-7-11(14(23)8-15(12)24)16-13(9-19-20-16)21-4-1-10(2-5-21)18-3-6-22;2-1-3/h7-10,18,22-24H,1-6H2,(H,19,20);1H,(H,2,3). The number of carboxylic acid groups (broad SMARTS) is 1. The van der Waals surface area contributed by atoms with Crippen LogP contribution in [-0.4, -0.2) is 69.4 Å². The van der Waals surface area contributed by atoms with Gasteiger partial charge in [0.2, 0.25) is 0 Å². The van der Waals surface area contributed by atoms with Crippen LogP contribution in [0.25, 0.3) is 11.3 Å². The molecule has 0 unspecified atom stereocenters. The summed E-state index contributed by atoms with van der Waals surface area (Å²) in [5.74, 6) is -0.00575. The number of nitrogens with zero attached hydrogens (tertiary/aromatic N) is 2. The first-order valence-corrected chi connectivity index (χ1v) is 9.23. The van der Waals surface area contributed by atoms with Crippen LogP contribution in [0.3, 0.4) is 0 Å². The Balaban J connectivity index is 0.000000817. The van der Waals surface area contributed by atoms with Crippen LogP contribution in [0.1, 0.15) is 12.8 Å². The highest BCUT2D eigenvalue weighted by Gasteiger charge is 2.23. The highest BCUT2D eigenvalue weighted by Crippen LogP contribution is 2.40. The van der Waals surface area contributed by atoms with Crippen molar-refractivity contribution in [3.8, 4) is 22.8 Å². The third-order valence-corrected chi connectivity index (χ3v) is 4.97. The lowest BCUT2D eigenvalue weighted by atomic mass is 10.0. The van der Waals surface area contributed by atoms with Crippen molar-refractivity contribution in [3.63, 3.8) is 0 Å². The van der Waals surface area contributed by atoms with E-state index in [2.05, 4.69) is 36.3 Å². The summed E-state index contributed by atoms with van der Waals surface area (Å²) in [5, 5.41) is 46.0. The van der Waals surface area contributed by atoms with Gasteiger partial charge in [0.1, 0.15) is 11.5 Å². The number of halogens is 1. The highest BCUT2D eigenvalue weighted by atomic mass is 79.9. The number of aliphatic hydroxyl groups excluding tert-OH is 1. The van der Waals surface area contributed by atoms with Gasteiger partial charge in [-0.15, -0.1) is 0 Å². The maximum Gasteiger partial charge on any atom is 0.290 e. The number of phenolic OH excluding ortho intramolecular Hbond substituents is 2. The van der Waals surface area contributed by atoms with E-state index in [1.807, 2.05) is 0 Å². The minimum atomic E-state index is -0.250. The third-order valence-electron chi connectivity index (χ3n) is 4.33. The molecular formula is C17H23BrN4O5. The Morgan fingerprint density at radius 2 is 1.96 bits per heavy atom. The Morgan fingerprint density at radius 1 is 1.30 bits per heavy atom. The van der Waals surface area contributed by atoms with Gasteiger partial charge in [0, 0.05) is 37.3 Å². The number of piperidine rings is 1. The molecule has 0 amide bonds. The molecule has 0 saturated carbocycles. The number of hydrogen-bond acceptors (Lipinski definition) is 7. The Bertz CT molecular complexity index is 747. The van der Waals surface area contributed by atoms with Gasteiger partial charge in [0.15, 0.2) is 0 Å². The van der Waals surface area contributed by atoms with Crippen molar-refractivity contribution in [1.29, 1.82) is 0 Å². The van der Waals surface area contributed by atoms with Gasteiger partial charge < -0.3 is 30.6 Å². The number of rotatable bonds is 5. The Kier molecular flexibility index (Phi) is 7.89. The van der Waals surface area contributed by atoms with Crippen molar-refractivity contribution in [3.05, 3.63) is 22.8 Å². The lowest BCUT2D eigenvalue weighted by Crippen LogP contribution is -2.43. The van der Waals surface area contributed by atoms with Gasteiger partial charge in [-0.25, -0.2) is 0 Å². The predicted octanol–water partition coefficient (Wildman–Crippen LogP) is 1.50. The second kappa shape index (κ2) is 10.1. The first-order valence-electron chi connectivity index (χ1n) is 8.44. The molecule has 9 nitrogen and oxygen atoms in total. The second-order valence-corrected chi connectivity index (χ2v) is 6.85. The van der Waals surface area contributed by atoms with Crippen molar-refractivity contribution < 1.29 is 25.2 Å². The van der Waals surface area contributed by atoms with Crippen LogP contribution < -0.4 is 10.2 Å². The molecule has 2 aromatic rings. The van der Waals surface area contributed by atoms with Crippen LogP contribution in [0.4, 0.5) is 5.69 Å². The van der Waals surface area contributed by atoms with Crippen molar-refractivity contribution in [2.45, 2.75) is 18.9 Å². The van der Waals surface area contributed by atoms with Crippen molar-refractivity contribution in [1.82, 2.24) is 15.5 Å². The number of nitrogens with one attached hydrogen (secondary N) is 2. The fourth-order valence-corrected chi connectivity index (χ4v) is 3.41. The lowest BCUT2D eigenvalue weighted by molar-refractivity contribution is -0.122. The number of aromatic nitrogens is 2. The molecule has 1 aliphatic heterocycles. The summed E-state index contributed by atoms with van der Waals surface area (Å²) in [6.07, 6.45) is 3.72. The van der Waals surface area contributed by atoms with Gasteiger partial charge in [-0.3, -0.25) is 9.89 Å². The number of hydrogen-bond donors (Lipinski definition) is 6. The van der Waals surface area contributed by atoms with E-state index in [4.69, 9.17) is 15.0 Å². The minimum absolute atomic E-state index is 0.000647. The van der Waals surface area contributed by atoms with E-state index in [-0.39, 0.29) is 24.6 Å². The number of H-pyrrole nitrogens is 1. The van der Waals surface area contributed by atoms with E-state index in [9.17, 15) is 10.2 Å². The summed E-state index contributed by atoms with van der Waals surface area (Å²) in [6, 6.07) is 3.41. The fourth-order valence-electron chi connectivity index (χ4n) is 3.06. The molecule has 0 bridgehead atoms. The number of phenols is 2. The number of anilines is 1. The van der Waals surface area contributed by atoms with E-state index in [1.54, 1.807) is 12.3 Å². The molecule has 10 heteroatoms. The summed E-state index contributed by atoms with van der Waals surface area (Å²) in [6.45, 7) is 2.27. The van der Waals surface area contributed by atoms with Crippen LogP contribution in [0.15, 0.2) is 22.8 Å². The smallest absolute Gasteiger partial charge is 0.290 e. The number of aromatic hydroxyl groups is 2. The first-order chi connectivity index (χ1) is 13.0. The molecule has 148 valence electrons. The van der Waals surface area contributed by atoms with Gasteiger partial charge in [-0.05, 0) is 34.8 Å². The molecule has 0 aliphatic carbocycles. The highest BCUT2D eigenvalue weighted by molar-refractivity contribution is 9.10. The summed E-state index contributed by atoms with van der Waals surface area (Å²) < 4.78 is 0.516. The zero-order valence-corrected chi connectivity index (χ0v) is 16.2. The van der Waals surface area contributed by atoms with E-state index in [0.29, 0.717) is 22.6 Å². The molecule has 1 aromatic carbocycles. The molecule has 3 rings (SSSR count). The molecule has 1 aromatic heterocycles. The quantitative estimate of drug-likeness (QED) is 0.382. The van der Waals surface area contributed by atoms with E-state index < -0.39 is 0 Å². The van der Waals surface area contributed by atoms with Gasteiger partial charge >= 0.3 is 0 Å². The summed E-state index contributed by atoms with van der Waals surface area (Å²) >= 11 is 3.28. The second-order valence-electron chi connectivity index (χ2n) is 6.00. The molecule has 1 fully saturated rings. The summed E-state index contributed by atoms with van der Waals surface area (Å²) in [5.41, 5.74) is 2.26. The van der Waals surface area contributed by atoms with Gasteiger partial charge in [-0.2, -0.15) is 5.10 Å². The predicted molar refractivity (Wildman–Crippen MR) is 104 cm³/mol. The van der Waals surface area contributed by atoms with Crippen molar-refractivity contribution in [2.75, 3.05) is 31.1 Å². The zero-order valence-electron chi connectivity index (χ0n) is 14.6. The molecule has 27 heavy (non-hydrogen) atoms. The molecule has 1 aliphatic rings. The molecule has 2 heterocycles. The van der Waals surface area contributed by atoms with Gasteiger partial charge in [0.05, 0.1) is 28.7 Å². The van der Waals surface area contributed by atoms with Crippen LogP contribution in [0, 0.1) is 0 Å². The maximum absolute atomic E-state index is 10.2. The molecule has 0 spiro atoms. The monoisotopic (exact) mass is 442 g/mol. The minimum Gasteiger partial charge on any atom is -0.507 e.